The van der Waals surface area contributed by atoms with Gasteiger partial charge < -0.3 is 9.73 Å². The van der Waals surface area contributed by atoms with E-state index in [0.717, 1.165) is 5.69 Å². The fourth-order valence-corrected chi connectivity index (χ4v) is 0.643. The third-order valence-corrected chi connectivity index (χ3v) is 1.05. The van der Waals surface area contributed by atoms with Crippen molar-refractivity contribution < 1.29 is 9.73 Å². The Balaban J connectivity index is 2.58. The molecule has 0 aliphatic rings. The molecular weight excluding hydrogens is 132 g/mol. The van der Waals surface area contributed by atoms with Crippen LogP contribution in [0.15, 0.2) is 15.7 Å². The van der Waals surface area contributed by atoms with Gasteiger partial charge in [-0.3, -0.25) is 0 Å². The topological polar surface area (TPSA) is 58.6 Å². The molecule has 0 unspecified atom stereocenters. The van der Waals surface area contributed by atoms with Crippen molar-refractivity contribution in [2.75, 3.05) is 0 Å². The van der Waals surface area contributed by atoms with E-state index in [2.05, 4.69) is 10.3 Å². The maximum Gasteiger partial charge on any atom is 0.142 e. The predicted octanol–water partition coefficient (Wildman–Crippen LogP) is 0.986. The van der Waals surface area contributed by atoms with E-state index in [1.54, 1.807) is 6.07 Å². The van der Waals surface area contributed by atoms with Crippen molar-refractivity contribution in [2.24, 2.45) is 5.16 Å². The van der Waals surface area contributed by atoms with Crippen LogP contribution < -0.4 is 0 Å². The smallest absolute Gasteiger partial charge is 0.142 e. The monoisotopic (exact) mass is 140 g/mol. The maximum absolute atomic E-state index is 8.04. The number of oxime groups is 1. The van der Waals surface area contributed by atoms with Crippen molar-refractivity contribution >= 4 is 6.21 Å². The lowest BCUT2D eigenvalue weighted by Gasteiger charge is -1.79. The summed E-state index contributed by atoms with van der Waals surface area (Å²) >= 11 is 0. The third-order valence-electron chi connectivity index (χ3n) is 1.05. The van der Waals surface area contributed by atoms with Crippen LogP contribution in [0.1, 0.15) is 11.5 Å². The van der Waals surface area contributed by atoms with E-state index in [0.29, 0.717) is 12.2 Å². The molecule has 1 rings (SSSR count). The minimum atomic E-state index is 0.483. The lowest BCUT2D eigenvalue weighted by Crippen LogP contribution is -1.80. The second-order valence-electron chi connectivity index (χ2n) is 1.94. The summed E-state index contributed by atoms with van der Waals surface area (Å²) in [6, 6.07) is 1.79. The molecule has 0 aliphatic carbocycles. The van der Waals surface area contributed by atoms with Crippen LogP contribution in [0, 0.1) is 6.92 Å². The molecule has 1 aromatic heterocycles. The first-order chi connectivity index (χ1) is 4.83. The summed E-state index contributed by atoms with van der Waals surface area (Å²) in [5.74, 6) is 0.704. The molecule has 10 heavy (non-hydrogen) atoms. The minimum absolute atomic E-state index is 0.483. The molecule has 0 saturated heterocycles. The van der Waals surface area contributed by atoms with Gasteiger partial charge >= 0.3 is 0 Å². The summed E-state index contributed by atoms with van der Waals surface area (Å²) in [5, 5.41) is 14.5. The summed E-state index contributed by atoms with van der Waals surface area (Å²) in [4.78, 5) is 0. The van der Waals surface area contributed by atoms with E-state index in [-0.39, 0.29) is 0 Å². The van der Waals surface area contributed by atoms with Crippen molar-refractivity contribution in [3.63, 3.8) is 0 Å². The second-order valence-corrected chi connectivity index (χ2v) is 1.94. The molecule has 4 nitrogen and oxygen atoms in total. The molecule has 0 saturated carbocycles. The second kappa shape index (κ2) is 3.00. The normalized spacial score (nSPS) is 10.9. The van der Waals surface area contributed by atoms with E-state index in [9.17, 15) is 0 Å². The highest BCUT2D eigenvalue weighted by Gasteiger charge is 1.96. The highest BCUT2D eigenvalue weighted by Crippen LogP contribution is 2.00. The van der Waals surface area contributed by atoms with E-state index < -0.39 is 0 Å². The average molecular weight is 140 g/mol. The molecule has 1 heterocycles. The predicted molar refractivity (Wildman–Crippen MR) is 35.2 cm³/mol. The number of hydrogen-bond donors (Lipinski definition) is 1. The van der Waals surface area contributed by atoms with Gasteiger partial charge in [0.2, 0.25) is 0 Å². The maximum atomic E-state index is 8.04. The quantitative estimate of drug-likeness (QED) is 0.378. The first-order valence-corrected chi connectivity index (χ1v) is 2.91. The molecule has 54 valence electrons. The Labute approximate surface area is 58.1 Å². The summed E-state index contributed by atoms with van der Waals surface area (Å²) in [7, 11) is 0. The number of aromatic nitrogens is 1. The first-order valence-electron chi connectivity index (χ1n) is 2.91. The number of aryl methyl sites for hydroxylation is 1. The zero-order valence-corrected chi connectivity index (χ0v) is 5.61. The van der Waals surface area contributed by atoms with E-state index in [1.165, 1.54) is 6.21 Å². The molecule has 0 amide bonds. The van der Waals surface area contributed by atoms with Gasteiger partial charge in [0.05, 0.1) is 11.9 Å². The zero-order valence-electron chi connectivity index (χ0n) is 5.61. The van der Waals surface area contributed by atoms with Crippen molar-refractivity contribution in [3.8, 4) is 0 Å². The van der Waals surface area contributed by atoms with Crippen molar-refractivity contribution in [1.29, 1.82) is 0 Å². The SMILES string of the molecule is Cc1cc(C/C=N/O)on1. The van der Waals surface area contributed by atoms with Crippen LogP contribution in [-0.2, 0) is 6.42 Å². The Morgan fingerprint density at radius 1 is 1.90 bits per heavy atom. The average Bonchev–Trinajstić information content (AvgIpc) is 2.31. The Hall–Kier alpha value is -1.32. The number of nitrogens with zero attached hydrogens (tertiary/aromatic N) is 2. The van der Waals surface area contributed by atoms with Crippen LogP contribution in [0.4, 0.5) is 0 Å². The van der Waals surface area contributed by atoms with E-state index in [4.69, 9.17) is 9.73 Å². The molecule has 0 atom stereocenters. The highest BCUT2D eigenvalue weighted by molar-refractivity contribution is 5.59. The highest BCUT2D eigenvalue weighted by atomic mass is 16.5. The molecule has 0 spiro atoms. The van der Waals surface area contributed by atoms with Crippen molar-refractivity contribution in [3.05, 3.63) is 17.5 Å². The van der Waals surface area contributed by atoms with Crippen LogP contribution >= 0.6 is 0 Å². The van der Waals surface area contributed by atoms with Crippen molar-refractivity contribution in [1.82, 2.24) is 5.16 Å². The van der Waals surface area contributed by atoms with Crippen LogP contribution in [-0.4, -0.2) is 16.6 Å². The summed E-state index contributed by atoms with van der Waals surface area (Å²) in [5.41, 5.74) is 0.835. The van der Waals surface area contributed by atoms with Gasteiger partial charge in [0, 0.05) is 12.5 Å². The molecule has 4 heteroatoms. The molecule has 1 N–H and O–H groups in total. The molecule has 0 radical (unpaired) electrons. The van der Waals surface area contributed by atoms with Gasteiger partial charge in [-0.15, -0.1) is 5.16 Å². The van der Waals surface area contributed by atoms with Gasteiger partial charge in [0.15, 0.2) is 0 Å². The Morgan fingerprint density at radius 3 is 3.20 bits per heavy atom. The van der Waals surface area contributed by atoms with Crippen LogP contribution in [0.25, 0.3) is 0 Å². The third kappa shape index (κ3) is 1.58. The Kier molecular flexibility index (Phi) is 2.04. The fourth-order valence-electron chi connectivity index (χ4n) is 0.643. The van der Waals surface area contributed by atoms with E-state index in [1.807, 2.05) is 6.92 Å². The van der Waals surface area contributed by atoms with E-state index >= 15 is 0 Å². The summed E-state index contributed by atoms with van der Waals surface area (Å²) in [6.45, 7) is 1.84. The molecule has 0 fully saturated rings. The van der Waals surface area contributed by atoms with Crippen LogP contribution in [0.3, 0.4) is 0 Å². The molecule has 1 aromatic rings. The van der Waals surface area contributed by atoms with Gasteiger partial charge in [-0.1, -0.05) is 5.16 Å². The van der Waals surface area contributed by atoms with Crippen molar-refractivity contribution in [2.45, 2.75) is 13.3 Å². The lowest BCUT2D eigenvalue weighted by atomic mass is 10.3. The van der Waals surface area contributed by atoms with Gasteiger partial charge in [0.25, 0.3) is 0 Å². The van der Waals surface area contributed by atoms with Gasteiger partial charge in [-0.25, -0.2) is 0 Å². The number of hydrogen-bond acceptors (Lipinski definition) is 4. The lowest BCUT2D eigenvalue weighted by molar-refractivity contribution is 0.319. The molecular formula is C6H8N2O2. The van der Waals surface area contributed by atoms with Crippen LogP contribution in [0.5, 0.6) is 0 Å². The van der Waals surface area contributed by atoms with Gasteiger partial charge in [-0.05, 0) is 6.92 Å². The minimum Gasteiger partial charge on any atom is -0.411 e. The molecule has 0 aromatic carbocycles. The first kappa shape index (κ1) is 6.80. The fraction of sp³-hybridized carbons (Fsp3) is 0.333. The Bertz CT molecular complexity index is 229. The zero-order chi connectivity index (χ0) is 7.40. The Morgan fingerprint density at radius 2 is 2.70 bits per heavy atom. The van der Waals surface area contributed by atoms with Crippen LogP contribution in [0.2, 0.25) is 0 Å². The largest absolute Gasteiger partial charge is 0.411 e. The molecule has 0 bridgehead atoms. The van der Waals surface area contributed by atoms with Gasteiger partial charge in [-0.2, -0.15) is 0 Å². The van der Waals surface area contributed by atoms with Gasteiger partial charge in [0.1, 0.15) is 5.76 Å². The standard InChI is InChI=1S/C6H8N2O2/c1-5-4-6(10-8-5)2-3-7-9/h3-4,9H,2H2,1H3/b7-3+. The summed E-state index contributed by atoms with van der Waals surface area (Å²) < 4.78 is 4.81. The summed E-state index contributed by atoms with van der Waals surface area (Å²) in [6.07, 6.45) is 1.83. The molecule has 0 aliphatic heterocycles. The number of rotatable bonds is 2.